The molecule has 30 heavy (non-hydrogen) atoms. The Bertz CT molecular complexity index is 1070. The summed E-state index contributed by atoms with van der Waals surface area (Å²) in [6.07, 6.45) is -4.68. The van der Waals surface area contributed by atoms with Gasteiger partial charge in [0.25, 0.3) is 0 Å². The van der Waals surface area contributed by atoms with Crippen molar-refractivity contribution >= 4 is 27.7 Å². The molecule has 1 aromatic carbocycles. The van der Waals surface area contributed by atoms with Gasteiger partial charge in [-0.2, -0.15) is 23.4 Å². The van der Waals surface area contributed by atoms with Crippen LogP contribution in [0.15, 0.2) is 34.8 Å². The first-order chi connectivity index (χ1) is 14.1. The first-order valence-electron chi connectivity index (χ1n) is 8.94. The number of aryl methyl sites for hydroxylation is 2. The van der Waals surface area contributed by atoms with Crippen LogP contribution in [0.4, 0.5) is 23.4 Å². The second-order valence-corrected chi connectivity index (χ2v) is 7.48. The molecule has 0 saturated heterocycles. The van der Waals surface area contributed by atoms with Gasteiger partial charge in [-0.1, -0.05) is 18.2 Å². The minimum absolute atomic E-state index is 0.0265. The maximum Gasteiger partial charge on any atom is 0.436 e. The predicted octanol–water partition coefficient (Wildman–Crippen LogP) is 4.69. The zero-order chi connectivity index (χ0) is 22.1. The molecule has 1 N–H and O–H groups in total. The zero-order valence-electron chi connectivity index (χ0n) is 16.1. The minimum atomic E-state index is -4.58. The van der Waals surface area contributed by atoms with Gasteiger partial charge >= 0.3 is 6.18 Å². The number of amides is 1. The molecule has 0 bridgehead atoms. The summed E-state index contributed by atoms with van der Waals surface area (Å²) in [6, 6.07) is 7.96. The van der Waals surface area contributed by atoms with Crippen LogP contribution in [-0.2, 0) is 24.1 Å². The molecule has 160 valence electrons. The second kappa shape index (κ2) is 8.58. The Morgan fingerprint density at radius 3 is 2.50 bits per heavy atom. The third kappa shape index (κ3) is 4.89. The van der Waals surface area contributed by atoms with Crippen molar-refractivity contribution in [3.8, 4) is 0 Å². The van der Waals surface area contributed by atoms with Gasteiger partial charge < -0.3 is 5.32 Å². The lowest BCUT2D eigenvalue weighted by molar-refractivity contribution is -0.142. The first kappa shape index (κ1) is 22.0. The lowest BCUT2D eigenvalue weighted by atomic mass is 10.2. The van der Waals surface area contributed by atoms with Gasteiger partial charge in [-0.15, -0.1) is 0 Å². The van der Waals surface area contributed by atoms with E-state index in [2.05, 4.69) is 31.4 Å². The Balaban J connectivity index is 1.63. The van der Waals surface area contributed by atoms with E-state index in [9.17, 15) is 22.4 Å². The molecule has 2 aromatic heterocycles. The Kier molecular flexibility index (Phi) is 6.30. The first-order valence-corrected chi connectivity index (χ1v) is 9.73. The molecular formula is C19H18BrF4N5O. The van der Waals surface area contributed by atoms with Gasteiger partial charge in [0.1, 0.15) is 5.82 Å². The van der Waals surface area contributed by atoms with Crippen LogP contribution in [0.5, 0.6) is 0 Å². The third-order valence-electron chi connectivity index (χ3n) is 4.48. The Morgan fingerprint density at radius 2 is 1.87 bits per heavy atom. The summed E-state index contributed by atoms with van der Waals surface area (Å²) in [4.78, 5) is 12.2. The van der Waals surface area contributed by atoms with Crippen molar-refractivity contribution in [1.82, 2.24) is 19.6 Å². The highest BCUT2D eigenvalue weighted by Crippen LogP contribution is 2.35. The molecule has 0 atom stereocenters. The lowest BCUT2D eigenvalue weighted by Gasteiger charge is -2.06. The number of hydrogen-bond donors (Lipinski definition) is 1. The summed E-state index contributed by atoms with van der Waals surface area (Å²) in [5.41, 5.74) is 0.431. The number of benzene rings is 1. The van der Waals surface area contributed by atoms with E-state index in [1.807, 2.05) is 0 Å². The number of anilines is 1. The number of nitrogens with one attached hydrogen (secondary N) is 1. The molecule has 0 fully saturated rings. The van der Waals surface area contributed by atoms with E-state index in [4.69, 9.17) is 0 Å². The lowest BCUT2D eigenvalue weighted by Crippen LogP contribution is -2.16. The second-order valence-electron chi connectivity index (χ2n) is 6.69. The van der Waals surface area contributed by atoms with Crippen molar-refractivity contribution in [3.05, 3.63) is 63.3 Å². The molecular weight excluding hydrogens is 470 g/mol. The SMILES string of the molecule is Cc1cc(NC(=O)CCn2nc(C(F)(F)F)c(Br)c2C)nn1Cc1ccccc1F. The van der Waals surface area contributed by atoms with Gasteiger partial charge in [-0.3, -0.25) is 14.2 Å². The minimum Gasteiger partial charge on any atom is -0.309 e. The van der Waals surface area contributed by atoms with Crippen molar-refractivity contribution in [2.24, 2.45) is 0 Å². The van der Waals surface area contributed by atoms with Crippen LogP contribution in [0.25, 0.3) is 0 Å². The predicted molar refractivity (Wildman–Crippen MR) is 105 cm³/mol. The molecule has 0 unspecified atom stereocenters. The van der Waals surface area contributed by atoms with Crippen LogP contribution in [0.3, 0.4) is 0 Å². The molecule has 0 saturated carbocycles. The number of hydrogen-bond acceptors (Lipinski definition) is 3. The average molecular weight is 488 g/mol. The van der Waals surface area contributed by atoms with Crippen molar-refractivity contribution in [3.63, 3.8) is 0 Å². The highest BCUT2D eigenvalue weighted by molar-refractivity contribution is 9.10. The van der Waals surface area contributed by atoms with Crippen LogP contribution in [0.2, 0.25) is 0 Å². The average Bonchev–Trinajstić information content (AvgIpc) is 3.15. The maximum absolute atomic E-state index is 13.8. The molecule has 0 aliphatic carbocycles. The number of nitrogens with zero attached hydrogens (tertiary/aromatic N) is 4. The Labute approximate surface area is 178 Å². The highest BCUT2D eigenvalue weighted by Gasteiger charge is 2.37. The largest absolute Gasteiger partial charge is 0.436 e. The van der Waals surface area contributed by atoms with Crippen LogP contribution in [-0.4, -0.2) is 25.5 Å². The molecule has 11 heteroatoms. The fourth-order valence-electron chi connectivity index (χ4n) is 2.86. The molecule has 0 aliphatic heterocycles. The van der Waals surface area contributed by atoms with Crippen molar-refractivity contribution < 1.29 is 22.4 Å². The van der Waals surface area contributed by atoms with Gasteiger partial charge in [-0.25, -0.2) is 4.39 Å². The Hall–Kier alpha value is -2.69. The number of rotatable bonds is 6. The van der Waals surface area contributed by atoms with Crippen LogP contribution in [0.1, 0.15) is 29.1 Å². The molecule has 0 radical (unpaired) electrons. The van der Waals surface area contributed by atoms with Gasteiger partial charge in [0, 0.05) is 23.7 Å². The van der Waals surface area contributed by atoms with Crippen LogP contribution in [0, 0.1) is 19.7 Å². The topological polar surface area (TPSA) is 64.7 Å². The summed E-state index contributed by atoms with van der Waals surface area (Å²) in [5, 5.41) is 10.4. The highest BCUT2D eigenvalue weighted by atomic mass is 79.9. The summed E-state index contributed by atoms with van der Waals surface area (Å²) >= 11 is 2.90. The smallest absolute Gasteiger partial charge is 0.309 e. The molecule has 0 aliphatic rings. The number of alkyl halides is 3. The van der Waals surface area contributed by atoms with E-state index in [1.165, 1.54) is 13.0 Å². The summed E-state index contributed by atoms with van der Waals surface area (Å²) < 4.78 is 55.2. The van der Waals surface area contributed by atoms with Gasteiger partial charge in [0.15, 0.2) is 11.5 Å². The van der Waals surface area contributed by atoms with Gasteiger partial charge in [0.2, 0.25) is 5.91 Å². The van der Waals surface area contributed by atoms with Crippen molar-refractivity contribution in [1.29, 1.82) is 0 Å². The summed E-state index contributed by atoms with van der Waals surface area (Å²) in [5.74, 6) is -0.495. The molecule has 2 heterocycles. The van der Waals surface area contributed by atoms with Crippen LogP contribution < -0.4 is 5.32 Å². The quantitative estimate of drug-likeness (QED) is 0.512. The van der Waals surface area contributed by atoms with E-state index in [1.54, 1.807) is 35.9 Å². The maximum atomic E-state index is 13.8. The normalized spacial score (nSPS) is 11.7. The number of aromatic nitrogens is 4. The van der Waals surface area contributed by atoms with E-state index in [0.717, 1.165) is 10.4 Å². The Morgan fingerprint density at radius 1 is 1.17 bits per heavy atom. The molecule has 3 rings (SSSR count). The molecule has 3 aromatic rings. The monoisotopic (exact) mass is 487 g/mol. The van der Waals surface area contributed by atoms with Gasteiger partial charge in [0.05, 0.1) is 23.3 Å². The zero-order valence-corrected chi connectivity index (χ0v) is 17.7. The summed E-state index contributed by atoms with van der Waals surface area (Å²) in [6.45, 7) is 3.43. The van der Waals surface area contributed by atoms with E-state index < -0.39 is 17.8 Å². The fraction of sp³-hybridized carbons (Fsp3) is 0.316. The van der Waals surface area contributed by atoms with E-state index >= 15 is 0 Å². The van der Waals surface area contributed by atoms with Crippen molar-refractivity contribution in [2.45, 2.75) is 39.5 Å². The molecule has 0 spiro atoms. The van der Waals surface area contributed by atoms with E-state index in [-0.39, 0.29) is 41.3 Å². The number of carbonyl (C=O) groups excluding carboxylic acids is 1. The standard InChI is InChI=1S/C19H18BrF4N5O/c1-11-9-15(26-29(11)10-13-5-3-4-6-14(13)21)25-16(30)7-8-28-12(2)17(20)18(27-28)19(22,23)24/h3-6,9H,7-8,10H2,1-2H3,(H,25,26,30). The molecule has 6 nitrogen and oxygen atoms in total. The van der Waals surface area contributed by atoms with Crippen molar-refractivity contribution in [2.75, 3.05) is 5.32 Å². The summed E-state index contributed by atoms with van der Waals surface area (Å²) in [7, 11) is 0. The third-order valence-corrected chi connectivity index (χ3v) is 5.43. The number of carbonyl (C=O) groups is 1. The van der Waals surface area contributed by atoms with Crippen LogP contribution >= 0.6 is 15.9 Å². The number of halogens is 5. The fourth-order valence-corrected chi connectivity index (χ4v) is 3.36. The molecule has 1 amide bonds. The van der Waals surface area contributed by atoms with E-state index in [0.29, 0.717) is 5.56 Å². The van der Waals surface area contributed by atoms with Gasteiger partial charge in [-0.05, 0) is 35.8 Å².